The number of amides is 1. The standard InChI is InChI=1S/C8H6N2O4.C8H8N2O3.C3H4.B3/c11-8-4-14-7-2-1-5(10(12)13)3-6(7)9-8;11-10(12)6-1-2-8-7(5-6)9-3-4-13-8;2*1-3-2/h1-3H,4H2,(H,9,11);1-2,5,9H,3-4H2;1-2H2;. The molecule has 33 heavy (non-hydrogen) atoms. The number of carbonyl (C=O) groups is 1. The first-order valence-corrected chi connectivity index (χ1v) is 9.17. The minimum atomic E-state index is -0.527. The summed E-state index contributed by atoms with van der Waals surface area (Å²) < 4.78 is 10.3. The monoisotopic (exact) mass is 447 g/mol. The Hall–Kier alpha value is -4.18. The smallest absolute Gasteiger partial charge is 0.271 e. The number of hydrogen-bond donors (Lipinski definition) is 2. The fraction of sp³-hybridized carbons (Fsp3) is 0.158. The van der Waals surface area contributed by atoms with Crippen LogP contribution in [0.25, 0.3) is 0 Å². The molecule has 0 bridgehead atoms. The third-order valence-corrected chi connectivity index (χ3v) is 3.66. The zero-order valence-corrected chi connectivity index (χ0v) is 17.5. The lowest BCUT2D eigenvalue weighted by atomic mass is 9.40. The molecular formula is C19H18B3N4O7. The topological polar surface area (TPSA) is 146 Å². The molecular weight excluding hydrogens is 429 g/mol. The average Bonchev–Trinajstić information content (AvgIpc) is 2.79. The van der Waals surface area contributed by atoms with E-state index in [4.69, 9.17) is 9.47 Å². The lowest BCUT2D eigenvalue weighted by Crippen LogP contribution is -2.25. The van der Waals surface area contributed by atoms with E-state index in [0.29, 0.717) is 36.0 Å². The maximum Gasteiger partial charge on any atom is 0.271 e. The normalized spacial score (nSPS) is 11.9. The van der Waals surface area contributed by atoms with Crippen molar-refractivity contribution in [3.63, 3.8) is 0 Å². The Morgan fingerprint density at radius 2 is 1.45 bits per heavy atom. The van der Waals surface area contributed by atoms with Crippen molar-refractivity contribution in [3.8, 4) is 11.5 Å². The number of ether oxygens (including phenoxy) is 2. The van der Waals surface area contributed by atoms with E-state index < -0.39 is 9.85 Å². The molecule has 0 atom stereocenters. The van der Waals surface area contributed by atoms with Crippen LogP contribution in [0.4, 0.5) is 22.7 Å². The maximum absolute atomic E-state index is 10.9. The number of fused-ring (bicyclic) bond motifs is 2. The molecule has 0 saturated carbocycles. The van der Waals surface area contributed by atoms with E-state index in [1.807, 2.05) is 0 Å². The van der Waals surface area contributed by atoms with Gasteiger partial charge in [0.2, 0.25) is 0 Å². The molecule has 2 aliphatic heterocycles. The van der Waals surface area contributed by atoms with E-state index in [2.05, 4.69) is 45.0 Å². The molecule has 5 radical (unpaired) electrons. The van der Waals surface area contributed by atoms with E-state index in [1.165, 1.54) is 30.3 Å². The number of nitro benzene ring substituents is 2. The summed E-state index contributed by atoms with van der Waals surface area (Å²) in [5, 5.41) is 26.4. The largest absolute Gasteiger partial charge is 0.490 e. The number of non-ortho nitro benzene ring substituents is 2. The Kier molecular flexibility index (Phi) is 11.4. The Bertz CT molecular complexity index is 1030. The molecule has 0 saturated heterocycles. The number of nitrogens with zero attached hydrogens (tertiary/aromatic N) is 2. The predicted molar refractivity (Wildman–Crippen MR) is 126 cm³/mol. The Labute approximate surface area is 193 Å². The maximum atomic E-state index is 10.9. The Balaban J connectivity index is 0.000000268. The first-order valence-electron chi connectivity index (χ1n) is 9.17. The van der Waals surface area contributed by atoms with Gasteiger partial charge in [0.05, 0.1) is 21.2 Å². The molecule has 11 nitrogen and oxygen atoms in total. The number of anilines is 2. The number of nitrogens with one attached hydrogen (secondary N) is 2. The second-order valence-electron chi connectivity index (χ2n) is 5.93. The van der Waals surface area contributed by atoms with Gasteiger partial charge in [0.15, 0.2) is 6.61 Å². The SMILES string of the molecule is C=C=C.O=C1COc2ccc([N+](=O)[O-])cc2N1.O=[N+]([O-])c1ccc2c(c1)NCCO2.[B][B][B]. The van der Waals surface area contributed by atoms with E-state index in [0.717, 1.165) is 7.06 Å². The van der Waals surface area contributed by atoms with Gasteiger partial charge in [0.25, 0.3) is 17.3 Å². The van der Waals surface area contributed by atoms with Gasteiger partial charge in [-0.15, -0.1) is 5.73 Å². The van der Waals surface area contributed by atoms with Crippen molar-refractivity contribution >= 4 is 51.2 Å². The quantitative estimate of drug-likeness (QED) is 0.309. The van der Waals surface area contributed by atoms with Crippen molar-refractivity contribution in [1.29, 1.82) is 0 Å². The fourth-order valence-corrected chi connectivity index (χ4v) is 2.43. The number of carbonyl (C=O) groups excluding carboxylic acids is 1. The highest BCUT2D eigenvalue weighted by atomic mass is 16.6. The van der Waals surface area contributed by atoms with Crippen LogP contribution in [0, 0.1) is 20.2 Å². The fourth-order valence-electron chi connectivity index (χ4n) is 2.43. The first kappa shape index (κ1) is 26.9. The molecule has 0 fully saturated rings. The number of nitro groups is 2. The van der Waals surface area contributed by atoms with Crippen LogP contribution in [0.3, 0.4) is 0 Å². The van der Waals surface area contributed by atoms with Crippen molar-refractivity contribution in [3.05, 3.63) is 75.5 Å². The van der Waals surface area contributed by atoms with Gasteiger partial charge in [0.1, 0.15) is 18.1 Å². The van der Waals surface area contributed by atoms with Crippen LogP contribution < -0.4 is 20.1 Å². The average molecular weight is 447 g/mol. The molecule has 2 aromatic rings. The lowest BCUT2D eigenvalue weighted by Gasteiger charge is -2.18. The van der Waals surface area contributed by atoms with Crippen molar-refractivity contribution in [2.75, 3.05) is 30.4 Å². The molecule has 4 rings (SSSR count). The van der Waals surface area contributed by atoms with Crippen LogP contribution in [0.15, 0.2) is 55.3 Å². The van der Waals surface area contributed by atoms with Crippen molar-refractivity contribution < 1.29 is 24.1 Å². The number of hydrogen-bond acceptors (Lipinski definition) is 8. The third-order valence-electron chi connectivity index (χ3n) is 3.66. The minimum absolute atomic E-state index is 0.0508. The van der Waals surface area contributed by atoms with Crippen LogP contribution in [0.2, 0.25) is 0 Å². The Morgan fingerprint density at radius 3 is 1.97 bits per heavy atom. The summed E-state index contributed by atoms with van der Waals surface area (Å²) >= 11 is 0. The van der Waals surface area contributed by atoms with Crippen molar-refractivity contribution in [1.82, 2.24) is 0 Å². The van der Waals surface area contributed by atoms with Gasteiger partial charge in [-0.25, -0.2) is 0 Å². The van der Waals surface area contributed by atoms with Gasteiger partial charge in [-0.2, -0.15) is 0 Å². The van der Waals surface area contributed by atoms with Gasteiger partial charge >= 0.3 is 0 Å². The van der Waals surface area contributed by atoms with Crippen LogP contribution in [0.5, 0.6) is 11.5 Å². The zero-order valence-electron chi connectivity index (χ0n) is 17.5. The van der Waals surface area contributed by atoms with E-state index in [1.54, 1.807) is 6.07 Å². The highest BCUT2D eigenvalue weighted by Gasteiger charge is 2.18. The molecule has 0 spiro atoms. The molecule has 0 unspecified atom stereocenters. The van der Waals surface area contributed by atoms with Gasteiger partial charge < -0.3 is 20.1 Å². The highest BCUT2D eigenvalue weighted by Crippen LogP contribution is 2.31. The molecule has 165 valence electrons. The van der Waals surface area contributed by atoms with Gasteiger partial charge in [-0.05, 0) is 12.1 Å². The van der Waals surface area contributed by atoms with Gasteiger partial charge in [-0.3, -0.25) is 25.0 Å². The third kappa shape index (κ3) is 8.84. The van der Waals surface area contributed by atoms with Crippen LogP contribution in [-0.4, -0.2) is 58.0 Å². The Morgan fingerprint density at radius 1 is 0.970 bits per heavy atom. The summed E-state index contributed by atoms with van der Waals surface area (Å²) in [6, 6.07) is 8.59. The summed E-state index contributed by atoms with van der Waals surface area (Å²) in [6.07, 6.45) is 0. The zero-order chi connectivity index (χ0) is 24.8. The highest BCUT2D eigenvalue weighted by molar-refractivity contribution is 7.17. The summed E-state index contributed by atoms with van der Waals surface area (Å²) in [7, 11) is 10.0. The molecule has 1 amide bonds. The second-order valence-corrected chi connectivity index (χ2v) is 5.93. The number of benzene rings is 2. The van der Waals surface area contributed by atoms with Crippen LogP contribution in [0.1, 0.15) is 0 Å². The number of rotatable bonds is 2. The summed E-state index contributed by atoms with van der Waals surface area (Å²) in [6.45, 7) is 7.49. The van der Waals surface area contributed by atoms with E-state index in [9.17, 15) is 25.0 Å². The van der Waals surface area contributed by atoms with Gasteiger partial charge in [-0.1, -0.05) is 13.2 Å². The summed E-state index contributed by atoms with van der Waals surface area (Å²) in [5.41, 5.74) is 3.29. The predicted octanol–water partition coefficient (Wildman–Crippen LogP) is 2.14. The van der Waals surface area contributed by atoms with E-state index >= 15 is 0 Å². The van der Waals surface area contributed by atoms with Crippen LogP contribution >= 0.6 is 0 Å². The molecule has 0 aromatic heterocycles. The molecule has 0 aliphatic carbocycles. The molecule has 2 aromatic carbocycles. The molecule has 2 N–H and O–H groups in total. The first-order chi connectivity index (χ1) is 15.8. The van der Waals surface area contributed by atoms with E-state index in [-0.39, 0.29) is 23.9 Å². The molecule has 14 heteroatoms. The van der Waals surface area contributed by atoms with Crippen molar-refractivity contribution in [2.45, 2.75) is 0 Å². The minimum Gasteiger partial charge on any atom is -0.490 e. The summed E-state index contributed by atoms with van der Waals surface area (Å²) in [4.78, 5) is 30.8. The lowest BCUT2D eigenvalue weighted by molar-refractivity contribution is -0.385. The van der Waals surface area contributed by atoms with Crippen LogP contribution in [-0.2, 0) is 4.79 Å². The van der Waals surface area contributed by atoms with Gasteiger partial charge in [0, 0.05) is 53.3 Å². The summed E-state index contributed by atoms with van der Waals surface area (Å²) in [5.74, 6) is 0.824. The molecule has 2 heterocycles. The second kappa shape index (κ2) is 14.0. The van der Waals surface area contributed by atoms with Crippen molar-refractivity contribution in [2.24, 2.45) is 0 Å². The molecule has 2 aliphatic rings.